The van der Waals surface area contributed by atoms with Gasteiger partial charge in [0.15, 0.2) is 0 Å². The average molecular weight is 342 g/mol. The van der Waals surface area contributed by atoms with Gasteiger partial charge in [-0.3, -0.25) is 4.79 Å². The molecule has 126 valence electrons. The van der Waals surface area contributed by atoms with E-state index >= 15 is 0 Å². The Labute approximate surface area is 145 Å². The van der Waals surface area contributed by atoms with E-state index in [4.69, 9.17) is 0 Å². The molecule has 0 unspecified atom stereocenters. The van der Waals surface area contributed by atoms with E-state index in [0.717, 1.165) is 22.8 Å². The van der Waals surface area contributed by atoms with Crippen LogP contribution in [-0.2, 0) is 13.0 Å². The molecule has 0 radical (unpaired) electrons. The largest absolute Gasteiger partial charge is 0.363 e. The summed E-state index contributed by atoms with van der Waals surface area (Å²) in [6.45, 7) is 8.94. The van der Waals surface area contributed by atoms with Gasteiger partial charge in [0.2, 0.25) is 4.96 Å². The summed E-state index contributed by atoms with van der Waals surface area (Å²) in [4.78, 5) is 19.8. The lowest BCUT2D eigenvalue weighted by Gasteiger charge is -2.28. The van der Waals surface area contributed by atoms with Gasteiger partial charge in [-0.2, -0.15) is 9.61 Å². The first-order valence-corrected chi connectivity index (χ1v) is 9.01. The average Bonchev–Trinajstić information content (AvgIpc) is 2.93. The van der Waals surface area contributed by atoms with Crippen LogP contribution in [0.1, 0.15) is 37.0 Å². The number of anilines is 1. The summed E-state index contributed by atoms with van der Waals surface area (Å²) < 4.78 is 1.37. The van der Waals surface area contributed by atoms with E-state index in [1.807, 2.05) is 6.92 Å². The van der Waals surface area contributed by atoms with Crippen LogP contribution in [0.3, 0.4) is 0 Å². The Morgan fingerprint density at radius 2 is 1.96 bits per heavy atom. The molecule has 0 N–H and O–H groups in total. The van der Waals surface area contributed by atoms with Gasteiger partial charge < -0.3 is 4.90 Å². The van der Waals surface area contributed by atoms with Crippen LogP contribution in [0.15, 0.2) is 35.1 Å². The van der Waals surface area contributed by atoms with Gasteiger partial charge >= 0.3 is 0 Å². The van der Waals surface area contributed by atoms with Gasteiger partial charge in [0.1, 0.15) is 5.01 Å². The molecule has 1 aromatic carbocycles. The lowest BCUT2D eigenvalue weighted by atomic mass is 10.1. The Hall–Kier alpha value is -2.21. The molecule has 0 fully saturated rings. The highest BCUT2D eigenvalue weighted by Gasteiger charge is 2.14. The number of hydrogen-bond acceptors (Lipinski definition) is 5. The minimum atomic E-state index is -0.121. The van der Waals surface area contributed by atoms with E-state index in [1.54, 1.807) is 6.07 Å². The van der Waals surface area contributed by atoms with Gasteiger partial charge in [-0.25, -0.2) is 4.98 Å². The highest BCUT2D eigenvalue weighted by molar-refractivity contribution is 7.16. The maximum absolute atomic E-state index is 12.2. The lowest BCUT2D eigenvalue weighted by Crippen LogP contribution is -2.31. The van der Waals surface area contributed by atoms with Crippen LogP contribution in [0.4, 0.5) is 5.69 Å². The molecule has 0 amide bonds. The topological polar surface area (TPSA) is 50.5 Å². The van der Waals surface area contributed by atoms with E-state index < -0.39 is 0 Å². The predicted octanol–water partition coefficient (Wildman–Crippen LogP) is 3.44. The van der Waals surface area contributed by atoms with Gasteiger partial charge in [-0.1, -0.05) is 30.4 Å². The molecule has 0 aliphatic rings. The quantitative estimate of drug-likeness (QED) is 0.713. The molecule has 0 aliphatic heterocycles. The lowest BCUT2D eigenvalue weighted by molar-refractivity contribution is 0.671. The van der Waals surface area contributed by atoms with Crippen LogP contribution < -0.4 is 10.5 Å². The zero-order valence-electron chi connectivity index (χ0n) is 14.5. The molecular formula is C18H22N4OS. The fourth-order valence-electron chi connectivity index (χ4n) is 2.70. The number of aryl methyl sites for hydroxylation is 2. The molecule has 24 heavy (non-hydrogen) atoms. The van der Waals surface area contributed by atoms with Crippen molar-refractivity contribution in [3.8, 4) is 0 Å². The molecule has 0 atom stereocenters. The zero-order valence-corrected chi connectivity index (χ0v) is 15.3. The van der Waals surface area contributed by atoms with Crippen molar-refractivity contribution in [3.63, 3.8) is 0 Å². The molecule has 2 aromatic heterocycles. The van der Waals surface area contributed by atoms with Crippen molar-refractivity contribution < 1.29 is 0 Å². The van der Waals surface area contributed by atoms with Crippen molar-refractivity contribution in [1.29, 1.82) is 0 Å². The smallest absolute Gasteiger partial charge is 0.275 e. The molecule has 0 saturated heterocycles. The number of rotatable bonds is 5. The zero-order chi connectivity index (χ0) is 17.3. The second kappa shape index (κ2) is 6.73. The first kappa shape index (κ1) is 16.6. The maximum Gasteiger partial charge on any atom is 0.275 e. The summed E-state index contributed by atoms with van der Waals surface area (Å²) >= 11 is 1.44. The fourth-order valence-corrected chi connectivity index (χ4v) is 3.47. The first-order chi connectivity index (χ1) is 11.5. The molecule has 0 saturated carbocycles. The summed E-state index contributed by atoms with van der Waals surface area (Å²) in [5, 5.41) is 5.03. The van der Waals surface area contributed by atoms with Crippen LogP contribution in [0.25, 0.3) is 4.96 Å². The van der Waals surface area contributed by atoms with Gasteiger partial charge in [0.05, 0.1) is 12.2 Å². The van der Waals surface area contributed by atoms with Crippen LogP contribution in [0, 0.1) is 6.92 Å². The third-order valence-electron chi connectivity index (χ3n) is 4.03. The Balaban J connectivity index is 1.94. The van der Waals surface area contributed by atoms with E-state index in [0.29, 0.717) is 17.5 Å². The van der Waals surface area contributed by atoms with Gasteiger partial charge in [0.25, 0.3) is 5.56 Å². The van der Waals surface area contributed by atoms with Crippen molar-refractivity contribution in [3.05, 3.63) is 57.0 Å². The second-order valence-electron chi connectivity index (χ2n) is 6.14. The van der Waals surface area contributed by atoms with Crippen molar-refractivity contribution in [2.24, 2.45) is 0 Å². The fraction of sp³-hybridized carbons (Fsp3) is 0.389. The van der Waals surface area contributed by atoms with Gasteiger partial charge in [-0.15, -0.1) is 0 Å². The molecular weight excluding hydrogens is 320 g/mol. The Morgan fingerprint density at radius 1 is 1.25 bits per heavy atom. The molecule has 6 heteroatoms. The number of hydrogen-bond donors (Lipinski definition) is 0. The van der Waals surface area contributed by atoms with Crippen LogP contribution in [0.5, 0.6) is 0 Å². The van der Waals surface area contributed by atoms with Crippen LogP contribution in [0.2, 0.25) is 0 Å². The minimum absolute atomic E-state index is 0.121. The summed E-state index contributed by atoms with van der Waals surface area (Å²) in [5.41, 5.74) is 3.12. The van der Waals surface area contributed by atoms with E-state index in [2.05, 4.69) is 60.0 Å². The van der Waals surface area contributed by atoms with Gasteiger partial charge in [0, 0.05) is 17.8 Å². The van der Waals surface area contributed by atoms with Crippen LogP contribution >= 0.6 is 11.3 Å². The molecule has 3 aromatic rings. The normalized spacial score (nSPS) is 11.4. The summed E-state index contributed by atoms with van der Waals surface area (Å²) in [7, 11) is 0. The van der Waals surface area contributed by atoms with Crippen molar-refractivity contribution in [2.75, 3.05) is 4.90 Å². The number of fused-ring (bicyclic) bond motifs is 1. The molecule has 0 spiro atoms. The molecule has 0 bridgehead atoms. The minimum Gasteiger partial charge on any atom is -0.363 e. The second-order valence-corrected chi connectivity index (χ2v) is 7.30. The number of nitrogens with zero attached hydrogens (tertiary/aromatic N) is 4. The van der Waals surface area contributed by atoms with Crippen molar-refractivity contribution in [2.45, 2.75) is 46.7 Å². The van der Waals surface area contributed by atoms with E-state index in [1.165, 1.54) is 21.4 Å². The van der Waals surface area contributed by atoms with Crippen LogP contribution in [-0.4, -0.2) is 20.6 Å². The Bertz CT molecular complexity index is 896. The molecule has 3 rings (SSSR count). The summed E-state index contributed by atoms with van der Waals surface area (Å²) in [6, 6.07) is 10.5. The standard InChI is InChI=1S/C18H22N4OS/c1-5-14-6-8-16(9-7-14)21(12(2)3)11-15-10-17(23)22-18(19-15)24-13(4)20-22/h6-10,12H,5,11H2,1-4H3. The highest BCUT2D eigenvalue weighted by atomic mass is 32.1. The monoisotopic (exact) mass is 342 g/mol. The third-order valence-corrected chi connectivity index (χ3v) is 4.85. The third kappa shape index (κ3) is 3.33. The molecule has 2 heterocycles. The summed E-state index contributed by atoms with van der Waals surface area (Å²) in [6.07, 6.45) is 1.03. The Morgan fingerprint density at radius 3 is 2.58 bits per heavy atom. The molecule has 0 aliphatic carbocycles. The number of aromatic nitrogens is 3. The maximum atomic E-state index is 12.2. The Kier molecular flexibility index (Phi) is 4.66. The number of benzene rings is 1. The van der Waals surface area contributed by atoms with E-state index in [9.17, 15) is 4.79 Å². The van der Waals surface area contributed by atoms with Gasteiger partial charge in [-0.05, 0) is 44.9 Å². The van der Waals surface area contributed by atoms with E-state index in [-0.39, 0.29) is 5.56 Å². The predicted molar refractivity (Wildman–Crippen MR) is 99.0 cm³/mol. The molecule has 5 nitrogen and oxygen atoms in total. The van der Waals surface area contributed by atoms with Crippen molar-refractivity contribution >= 4 is 22.0 Å². The summed E-state index contributed by atoms with van der Waals surface area (Å²) in [5.74, 6) is 0. The van der Waals surface area contributed by atoms with Crippen molar-refractivity contribution in [1.82, 2.24) is 14.6 Å². The highest BCUT2D eigenvalue weighted by Crippen LogP contribution is 2.21. The first-order valence-electron chi connectivity index (χ1n) is 8.20. The SMILES string of the molecule is CCc1ccc(N(Cc2cc(=O)n3nc(C)sc3n2)C(C)C)cc1.